The second kappa shape index (κ2) is 7.27. The molecule has 0 bridgehead atoms. The summed E-state index contributed by atoms with van der Waals surface area (Å²) in [4.78, 5) is 14.0. The summed E-state index contributed by atoms with van der Waals surface area (Å²) < 4.78 is 42.9. The van der Waals surface area contributed by atoms with Crippen molar-refractivity contribution < 1.29 is 22.3 Å². The first kappa shape index (κ1) is 17.7. The molecule has 1 atom stereocenters. The third kappa shape index (κ3) is 4.90. The number of hydrogen-bond acceptors (Lipinski definition) is 4. The summed E-state index contributed by atoms with van der Waals surface area (Å²) in [7, 11) is -3.24. The van der Waals surface area contributed by atoms with Crippen LogP contribution in [0, 0.1) is 5.82 Å². The lowest BCUT2D eigenvalue weighted by molar-refractivity contribution is -0.137. The average molecular weight is 344 g/mol. The average Bonchev–Trinajstić information content (AvgIpc) is 2.74. The van der Waals surface area contributed by atoms with Crippen LogP contribution in [0.2, 0.25) is 0 Å². The van der Waals surface area contributed by atoms with Crippen LogP contribution in [0.15, 0.2) is 24.3 Å². The molecule has 1 aliphatic heterocycles. The molecule has 1 amide bonds. The van der Waals surface area contributed by atoms with Gasteiger partial charge in [0.25, 0.3) is 5.91 Å². The molecule has 0 radical (unpaired) electrons. The molecular formula is C15H21FN2O4S. The summed E-state index contributed by atoms with van der Waals surface area (Å²) in [6, 6.07) is 5.46. The Kier molecular flexibility index (Phi) is 5.59. The lowest BCUT2D eigenvalue weighted by Crippen LogP contribution is -2.42. The molecule has 1 unspecified atom stereocenters. The lowest BCUT2D eigenvalue weighted by atomic mass is 10.3. The number of carbonyl (C=O) groups is 1. The molecule has 1 saturated heterocycles. The van der Waals surface area contributed by atoms with Gasteiger partial charge in [0.2, 0.25) is 10.0 Å². The van der Waals surface area contributed by atoms with Gasteiger partial charge in [-0.2, -0.15) is 0 Å². The van der Waals surface area contributed by atoms with Crippen molar-refractivity contribution in [1.29, 1.82) is 0 Å². The lowest BCUT2D eigenvalue weighted by Gasteiger charge is -2.24. The van der Waals surface area contributed by atoms with Crippen molar-refractivity contribution in [3.05, 3.63) is 30.1 Å². The first-order valence-corrected chi connectivity index (χ1v) is 9.28. The topological polar surface area (TPSA) is 66.9 Å². The highest BCUT2D eigenvalue weighted by Crippen LogP contribution is 2.15. The van der Waals surface area contributed by atoms with E-state index < -0.39 is 16.1 Å². The zero-order valence-electron chi connectivity index (χ0n) is 13.2. The number of benzene rings is 1. The van der Waals surface area contributed by atoms with Crippen molar-refractivity contribution in [3.63, 3.8) is 0 Å². The largest absolute Gasteiger partial charge is 0.481 e. The Bertz CT molecular complexity index is 648. The van der Waals surface area contributed by atoms with Crippen LogP contribution in [-0.2, 0) is 14.8 Å². The Labute approximate surface area is 135 Å². The van der Waals surface area contributed by atoms with E-state index in [1.54, 1.807) is 11.8 Å². The number of sulfonamides is 1. The van der Waals surface area contributed by atoms with Crippen LogP contribution in [0.25, 0.3) is 0 Å². The summed E-state index contributed by atoms with van der Waals surface area (Å²) in [5.41, 5.74) is 0. The summed E-state index contributed by atoms with van der Waals surface area (Å²) >= 11 is 0. The molecule has 1 heterocycles. The van der Waals surface area contributed by atoms with Gasteiger partial charge in [-0.05, 0) is 37.6 Å². The van der Waals surface area contributed by atoms with Gasteiger partial charge >= 0.3 is 0 Å². The SMILES string of the molecule is CC(Oc1ccc(F)cc1)C(=O)N1CCCN(S(C)(=O)=O)CC1. The number of rotatable bonds is 4. The van der Waals surface area contributed by atoms with E-state index in [1.165, 1.54) is 34.8 Å². The summed E-state index contributed by atoms with van der Waals surface area (Å²) in [5.74, 6) is -0.158. The second-order valence-corrected chi connectivity index (χ2v) is 7.54. The molecule has 2 rings (SSSR count). The van der Waals surface area contributed by atoms with Crippen LogP contribution in [-0.4, -0.2) is 62.1 Å². The van der Waals surface area contributed by atoms with E-state index in [0.29, 0.717) is 31.8 Å². The van der Waals surface area contributed by atoms with Gasteiger partial charge in [0, 0.05) is 26.2 Å². The maximum absolute atomic E-state index is 12.9. The highest BCUT2D eigenvalue weighted by Gasteiger charge is 2.27. The number of ether oxygens (including phenoxy) is 1. The third-order valence-corrected chi connectivity index (χ3v) is 5.01. The Morgan fingerprint density at radius 2 is 1.83 bits per heavy atom. The normalized spacial score (nSPS) is 18.3. The molecule has 0 aliphatic carbocycles. The van der Waals surface area contributed by atoms with Gasteiger partial charge in [0.05, 0.1) is 6.26 Å². The maximum Gasteiger partial charge on any atom is 0.263 e. The van der Waals surface area contributed by atoms with Crippen molar-refractivity contribution in [3.8, 4) is 5.75 Å². The summed E-state index contributed by atoms with van der Waals surface area (Å²) in [5, 5.41) is 0. The minimum atomic E-state index is -3.24. The van der Waals surface area contributed by atoms with E-state index in [-0.39, 0.29) is 18.3 Å². The Morgan fingerprint density at radius 3 is 2.43 bits per heavy atom. The van der Waals surface area contributed by atoms with Crippen LogP contribution >= 0.6 is 0 Å². The summed E-state index contributed by atoms with van der Waals surface area (Å²) in [6.07, 6.45) is 1.04. The molecule has 0 spiro atoms. The number of hydrogen-bond donors (Lipinski definition) is 0. The molecule has 1 aromatic carbocycles. The zero-order valence-corrected chi connectivity index (χ0v) is 14.1. The quantitative estimate of drug-likeness (QED) is 0.820. The van der Waals surface area contributed by atoms with Gasteiger partial charge in [-0.15, -0.1) is 0 Å². The highest BCUT2D eigenvalue weighted by atomic mass is 32.2. The first-order valence-electron chi connectivity index (χ1n) is 7.43. The van der Waals surface area contributed by atoms with Crippen molar-refractivity contribution in [2.75, 3.05) is 32.4 Å². The smallest absolute Gasteiger partial charge is 0.263 e. The molecule has 0 saturated carbocycles. The van der Waals surface area contributed by atoms with E-state index in [0.717, 1.165) is 0 Å². The van der Waals surface area contributed by atoms with Crippen LogP contribution in [0.5, 0.6) is 5.75 Å². The fourth-order valence-electron chi connectivity index (χ4n) is 2.47. The molecule has 8 heteroatoms. The molecule has 23 heavy (non-hydrogen) atoms. The van der Waals surface area contributed by atoms with Crippen LogP contribution in [0.1, 0.15) is 13.3 Å². The Balaban J connectivity index is 1.95. The van der Waals surface area contributed by atoms with Gasteiger partial charge in [-0.3, -0.25) is 4.79 Å². The van der Waals surface area contributed by atoms with Crippen molar-refractivity contribution in [2.45, 2.75) is 19.4 Å². The Hall–Kier alpha value is -1.67. The molecule has 1 aromatic rings. The maximum atomic E-state index is 12.9. The fourth-order valence-corrected chi connectivity index (χ4v) is 3.34. The van der Waals surface area contributed by atoms with Crippen molar-refractivity contribution in [1.82, 2.24) is 9.21 Å². The van der Waals surface area contributed by atoms with Gasteiger partial charge in [-0.1, -0.05) is 0 Å². The third-order valence-electron chi connectivity index (χ3n) is 3.71. The van der Waals surface area contributed by atoms with Crippen molar-refractivity contribution >= 4 is 15.9 Å². The fraction of sp³-hybridized carbons (Fsp3) is 0.533. The second-order valence-electron chi connectivity index (χ2n) is 5.55. The van der Waals surface area contributed by atoms with Crippen molar-refractivity contribution in [2.24, 2.45) is 0 Å². The van der Waals surface area contributed by atoms with E-state index >= 15 is 0 Å². The van der Waals surface area contributed by atoms with Crippen LogP contribution in [0.3, 0.4) is 0 Å². The first-order chi connectivity index (χ1) is 10.8. The van der Waals surface area contributed by atoms with E-state index in [1.807, 2.05) is 0 Å². The monoisotopic (exact) mass is 344 g/mol. The zero-order chi connectivity index (χ0) is 17.0. The minimum absolute atomic E-state index is 0.204. The van der Waals surface area contributed by atoms with Gasteiger partial charge in [0.15, 0.2) is 6.10 Å². The van der Waals surface area contributed by atoms with Crippen LogP contribution in [0.4, 0.5) is 4.39 Å². The number of halogens is 1. The van der Waals surface area contributed by atoms with Crippen LogP contribution < -0.4 is 4.74 Å². The molecule has 1 fully saturated rings. The highest BCUT2D eigenvalue weighted by molar-refractivity contribution is 7.88. The van der Waals surface area contributed by atoms with Gasteiger partial charge < -0.3 is 9.64 Å². The molecule has 128 valence electrons. The van der Waals surface area contributed by atoms with E-state index in [2.05, 4.69) is 0 Å². The minimum Gasteiger partial charge on any atom is -0.481 e. The molecule has 1 aliphatic rings. The number of nitrogens with zero attached hydrogens (tertiary/aromatic N) is 2. The standard InChI is InChI=1S/C15H21FN2O4S/c1-12(22-14-6-4-13(16)5-7-14)15(19)17-8-3-9-18(11-10-17)23(2,20)21/h4-7,12H,3,8-11H2,1-2H3. The predicted octanol–water partition coefficient (Wildman–Crippen LogP) is 1.09. The Morgan fingerprint density at radius 1 is 1.17 bits per heavy atom. The van der Waals surface area contributed by atoms with Gasteiger partial charge in [-0.25, -0.2) is 17.1 Å². The number of amides is 1. The molecular weight excluding hydrogens is 323 g/mol. The van der Waals surface area contributed by atoms with Gasteiger partial charge in [0.1, 0.15) is 11.6 Å². The molecule has 0 aromatic heterocycles. The number of carbonyl (C=O) groups excluding carboxylic acids is 1. The molecule has 6 nitrogen and oxygen atoms in total. The molecule has 0 N–H and O–H groups in total. The van der Waals surface area contributed by atoms with E-state index in [4.69, 9.17) is 4.74 Å². The summed E-state index contributed by atoms with van der Waals surface area (Å²) in [6.45, 7) is 3.15. The van der Waals surface area contributed by atoms with E-state index in [9.17, 15) is 17.6 Å². The predicted molar refractivity (Wildman–Crippen MR) is 84.1 cm³/mol.